The largest absolute Gasteiger partial charge is 0.349 e. The van der Waals surface area contributed by atoms with E-state index in [1.165, 1.54) is 21.0 Å². The minimum absolute atomic E-state index is 0.0645. The third-order valence-electron chi connectivity index (χ3n) is 7.96. The van der Waals surface area contributed by atoms with Crippen molar-refractivity contribution in [1.29, 1.82) is 0 Å². The number of nitrogens with one attached hydrogen (secondary N) is 2. The van der Waals surface area contributed by atoms with Gasteiger partial charge in [0.2, 0.25) is 15.9 Å². The molecular formula is C32H42N4O3S. The summed E-state index contributed by atoms with van der Waals surface area (Å²) in [7, 11) is -3.76. The van der Waals surface area contributed by atoms with Crippen molar-refractivity contribution in [1.82, 2.24) is 19.5 Å². The van der Waals surface area contributed by atoms with Gasteiger partial charge in [0.05, 0.1) is 17.0 Å². The van der Waals surface area contributed by atoms with Crippen LogP contribution in [0.15, 0.2) is 65.7 Å². The molecule has 1 aromatic heterocycles. The van der Waals surface area contributed by atoms with Gasteiger partial charge in [-0.25, -0.2) is 8.42 Å². The molecule has 1 amide bonds. The zero-order chi connectivity index (χ0) is 28.5. The molecule has 2 atom stereocenters. The van der Waals surface area contributed by atoms with Gasteiger partial charge in [-0.2, -0.15) is 4.31 Å². The van der Waals surface area contributed by atoms with Crippen LogP contribution in [-0.4, -0.2) is 36.3 Å². The molecule has 2 unspecified atom stereocenters. The Kier molecular flexibility index (Phi) is 8.22. The molecule has 40 heavy (non-hydrogen) atoms. The van der Waals surface area contributed by atoms with Crippen molar-refractivity contribution in [2.75, 3.05) is 13.1 Å². The minimum atomic E-state index is -3.76. The summed E-state index contributed by atoms with van der Waals surface area (Å²) in [4.78, 5) is 13.8. The lowest BCUT2D eigenvalue weighted by Crippen LogP contribution is -2.44. The lowest BCUT2D eigenvalue weighted by molar-refractivity contribution is -0.123. The van der Waals surface area contributed by atoms with Gasteiger partial charge < -0.3 is 15.2 Å². The van der Waals surface area contributed by atoms with E-state index in [0.717, 1.165) is 43.6 Å². The Morgan fingerprint density at radius 2 is 1.82 bits per heavy atom. The number of aromatic nitrogens is 1. The zero-order valence-electron chi connectivity index (χ0n) is 24.1. The first-order chi connectivity index (χ1) is 19.0. The molecule has 0 saturated carbocycles. The van der Waals surface area contributed by atoms with E-state index in [2.05, 4.69) is 54.2 Å². The molecule has 1 aliphatic heterocycles. The standard InChI is InChI=1S/C32H42N4O3S/c1-23-10-13-26(14-11-23)40(38,39)36-18-17-35-16-6-9-29(35)30(36)20-31(37)34-28-8-5-7-25-19-24(12-15-27(25)28)21-33-22-32(2,3)4/h6,9-16,19,28,30,33H,5,7-8,17-18,20-22H2,1-4H3,(H,34,37). The topological polar surface area (TPSA) is 83.4 Å². The molecule has 0 bridgehead atoms. The van der Waals surface area contributed by atoms with Crippen LogP contribution in [0, 0.1) is 12.3 Å². The smallest absolute Gasteiger partial charge is 0.243 e. The molecule has 1 aliphatic carbocycles. The highest BCUT2D eigenvalue weighted by molar-refractivity contribution is 7.89. The van der Waals surface area contributed by atoms with E-state index in [-0.39, 0.29) is 28.7 Å². The summed E-state index contributed by atoms with van der Waals surface area (Å²) in [5.74, 6) is -0.127. The second kappa shape index (κ2) is 11.5. The number of fused-ring (bicyclic) bond motifs is 2. The molecule has 7 nitrogen and oxygen atoms in total. The number of hydrogen-bond donors (Lipinski definition) is 2. The van der Waals surface area contributed by atoms with Crippen molar-refractivity contribution in [2.45, 2.75) is 83.4 Å². The molecule has 8 heteroatoms. The maximum Gasteiger partial charge on any atom is 0.243 e. The van der Waals surface area contributed by atoms with Crippen LogP contribution in [0.1, 0.15) is 80.1 Å². The first kappa shape index (κ1) is 28.6. The lowest BCUT2D eigenvalue weighted by atomic mass is 9.86. The van der Waals surface area contributed by atoms with Crippen molar-refractivity contribution in [3.63, 3.8) is 0 Å². The second-order valence-corrected chi connectivity index (χ2v) is 14.4. The third-order valence-corrected chi connectivity index (χ3v) is 9.89. The Bertz CT molecular complexity index is 1450. The molecule has 5 rings (SSSR count). The normalized spacial score (nSPS) is 19.6. The summed E-state index contributed by atoms with van der Waals surface area (Å²) >= 11 is 0. The van der Waals surface area contributed by atoms with Gasteiger partial charge in [-0.05, 0) is 72.6 Å². The summed E-state index contributed by atoms with van der Waals surface area (Å²) < 4.78 is 31.0. The fraction of sp³-hybridized carbons (Fsp3) is 0.469. The van der Waals surface area contributed by atoms with Crippen LogP contribution >= 0.6 is 0 Å². The molecule has 0 fully saturated rings. The van der Waals surface area contributed by atoms with E-state index in [4.69, 9.17) is 0 Å². The molecule has 2 aromatic carbocycles. The molecule has 0 radical (unpaired) electrons. The first-order valence-corrected chi connectivity index (χ1v) is 15.8. The maximum atomic E-state index is 13.7. The van der Waals surface area contributed by atoms with Gasteiger partial charge in [0.1, 0.15) is 0 Å². The third kappa shape index (κ3) is 6.35. The Labute approximate surface area is 239 Å². The average Bonchev–Trinajstić information content (AvgIpc) is 3.38. The number of benzene rings is 2. The predicted octanol–water partition coefficient (Wildman–Crippen LogP) is 5.26. The molecular weight excluding hydrogens is 520 g/mol. The Morgan fingerprint density at radius 1 is 1.05 bits per heavy atom. The molecule has 0 spiro atoms. The van der Waals surface area contributed by atoms with E-state index in [1.807, 2.05) is 37.4 Å². The fourth-order valence-corrected chi connectivity index (χ4v) is 7.51. The van der Waals surface area contributed by atoms with Crippen LogP contribution in [0.3, 0.4) is 0 Å². The number of carbonyl (C=O) groups excluding carboxylic acids is 1. The number of hydrogen-bond acceptors (Lipinski definition) is 4. The van der Waals surface area contributed by atoms with Crippen LogP contribution < -0.4 is 10.6 Å². The SMILES string of the molecule is Cc1ccc(S(=O)(=O)N2CCn3cccc3C2CC(=O)NC2CCCc3cc(CNCC(C)(C)C)ccc32)cc1. The maximum absolute atomic E-state index is 13.7. The lowest BCUT2D eigenvalue weighted by Gasteiger charge is -2.36. The number of carbonyl (C=O) groups is 1. The van der Waals surface area contributed by atoms with Crippen molar-refractivity contribution in [3.8, 4) is 0 Å². The van der Waals surface area contributed by atoms with Crippen LogP contribution in [0.25, 0.3) is 0 Å². The van der Waals surface area contributed by atoms with Crippen LogP contribution in [0.4, 0.5) is 0 Å². The van der Waals surface area contributed by atoms with E-state index < -0.39 is 16.1 Å². The predicted molar refractivity (Wildman–Crippen MR) is 158 cm³/mol. The number of nitrogens with zero attached hydrogens (tertiary/aromatic N) is 2. The van der Waals surface area contributed by atoms with Gasteiger partial charge in [-0.1, -0.05) is 56.7 Å². The van der Waals surface area contributed by atoms with E-state index in [1.54, 1.807) is 12.1 Å². The number of aryl methyl sites for hydroxylation is 2. The van der Waals surface area contributed by atoms with E-state index >= 15 is 0 Å². The highest BCUT2D eigenvalue weighted by atomic mass is 32.2. The molecule has 2 heterocycles. The molecule has 214 valence electrons. The van der Waals surface area contributed by atoms with Crippen LogP contribution in [0.2, 0.25) is 0 Å². The van der Waals surface area contributed by atoms with Crippen molar-refractivity contribution >= 4 is 15.9 Å². The fourth-order valence-electron chi connectivity index (χ4n) is 5.92. The first-order valence-electron chi connectivity index (χ1n) is 14.4. The number of rotatable bonds is 8. The van der Waals surface area contributed by atoms with E-state index in [0.29, 0.717) is 13.1 Å². The van der Waals surface area contributed by atoms with Crippen LogP contribution in [-0.2, 0) is 34.3 Å². The summed E-state index contributed by atoms with van der Waals surface area (Å²) in [5, 5.41) is 6.81. The van der Waals surface area contributed by atoms with Crippen LogP contribution in [0.5, 0.6) is 0 Å². The Morgan fingerprint density at radius 3 is 2.58 bits per heavy atom. The van der Waals surface area contributed by atoms with Gasteiger partial charge in [0.15, 0.2) is 0 Å². The zero-order valence-corrected chi connectivity index (χ0v) is 24.9. The second-order valence-electron chi connectivity index (χ2n) is 12.5. The van der Waals surface area contributed by atoms with Crippen molar-refractivity contribution in [2.24, 2.45) is 5.41 Å². The van der Waals surface area contributed by atoms with Crippen molar-refractivity contribution < 1.29 is 13.2 Å². The highest BCUT2D eigenvalue weighted by Gasteiger charge is 2.38. The average molecular weight is 563 g/mol. The highest BCUT2D eigenvalue weighted by Crippen LogP contribution is 2.35. The Hall–Kier alpha value is -2.94. The quantitative estimate of drug-likeness (QED) is 0.392. The van der Waals surface area contributed by atoms with Gasteiger partial charge >= 0.3 is 0 Å². The summed E-state index contributed by atoms with van der Waals surface area (Å²) in [5.41, 5.74) is 5.82. The summed E-state index contributed by atoms with van der Waals surface area (Å²) in [6.07, 6.45) is 4.94. The number of amides is 1. The Balaban J connectivity index is 1.31. The minimum Gasteiger partial charge on any atom is -0.349 e. The van der Waals surface area contributed by atoms with Gasteiger partial charge in [0.25, 0.3) is 0 Å². The molecule has 2 N–H and O–H groups in total. The van der Waals surface area contributed by atoms with Gasteiger partial charge in [0, 0.05) is 44.5 Å². The van der Waals surface area contributed by atoms with Gasteiger partial charge in [-0.15, -0.1) is 0 Å². The molecule has 2 aliphatic rings. The molecule has 3 aromatic rings. The number of sulfonamides is 1. The van der Waals surface area contributed by atoms with Crippen molar-refractivity contribution in [3.05, 3.63) is 88.7 Å². The molecule has 0 saturated heterocycles. The summed E-state index contributed by atoms with van der Waals surface area (Å²) in [6.45, 7) is 11.3. The monoisotopic (exact) mass is 562 g/mol. The van der Waals surface area contributed by atoms with Gasteiger partial charge in [-0.3, -0.25) is 4.79 Å². The van der Waals surface area contributed by atoms with E-state index in [9.17, 15) is 13.2 Å². The summed E-state index contributed by atoms with van der Waals surface area (Å²) in [6, 6.07) is 16.8.